The molecule has 1 heterocycles. The topological polar surface area (TPSA) is 59.4 Å². The number of halogens is 1. The Hall–Kier alpha value is -2.39. The molecule has 29 heavy (non-hydrogen) atoms. The van der Waals surface area contributed by atoms with Gasteiger partial charge >= 0.3 is 0 Å². The molecule has 5 nitrogen and oxygen atoms in total. The van der Waals surface area contributed by atoms with Gasteiger partial charge in [-0.25, -0.2) is 0 Å². The molecule has 1 fully saturated rings. The van der Waals surface area contributed by atoms with Gasteiger partial charge in [0.25, 0.3) is 0 Å². The molecular weight excluding hydrogens is 384 g/mol. The average molecular weight is 409 g/mol. The number of likely N-dealkylation sites (N-methyl/N-ethyl adjacent to an activating group) is 1. The SMILES string of the molecule is CN(Cc1cc(Cl)cc(C#N)c1)C(=O)C1(N2CCNCC2)Cc2ccccc2C1. The molecular formula is C23H25ClN4O. The molecule has 1 aliphatic heterocycles. The van der Waals surface area contributed by atoms with Gasteiger partial charge in [0.15, 0.2) is 0 Å². The Bertz CT molecular complexity index is 937. The van der Waals surface area contributed by atoms with Crippen molar-refractivity contribution in [1.82, 2.24) is 15.1 Å². The van der Waals surface area contributed by atoms with Crippen LogP contribution in [-0.4, -0.2) is 54.5 Å². The first-order valence-corrected chi connectivity index (χ1v) is 10.4. The second kappa shape index (κ2) is 8.16. The summed E-state index contributed by atoms with van der Waals surface area (Å²) in [6, 6.07) is 15.8. The Balaban J connectivity index is 1.62. The van der Waals surface area contributed by atoms with E-state index in [1.807, 2.05) is 13.1 Å². The van der Waals surface area contributed by atoms with Crippen molar-refractivity contribution in [2.45, 2.75) is 24.9 Å². The average Bonchev–Trinajstić information content (AvgIpc) is 3.14. The molecule has 0 radical (unpaired) electrons. The van der Waals surface area contributed by atoms with Gasteiger partial charge < -0.3 is 10.2 Å². The summed E-state index contributed by atoms with van der Waals surface area (Å²) in [6.07, 6.45) is 1.48. The van der Waals surface area contributed by atoms with Crippen LogP contribution in [0, 0.1) is 11.3 Å². The number of amides is 1. The van der Waals surface area contributed by atoms with Gasteiger partial charge in [0.1, 0.15) is 5.54 Å². The minimum Gasteiger partial charge on any atom is -0.340 e. The van der Waals surface area contributed by atoms with Gasteiger partial charge in [-0.15, -0.1) is 0 Å². The van der Waals surface area contributed by atoms with Crippen LogP contribution in [0.2, 0.25) is 5.02 Å². The summed E-state index contributed by atoms with van der Waals surface area (Å²) in [6.45, 7) is 3.95. The van der Waals surface area contributed by atoms with Crippen molar-refractivity contribution in [3.8, 4) is 6.07 Å². The molecule has 150 valence electrons. The van der Waals surface area contributed by atoms with Crippen molar-refractivity contribution in [3.05, 3.63) is 69.7 Å². The predicted octanol–water partition coefficient (Wildman–Crippen LogP) is 2.61. The van der Waals surface area contributed by atoms with Crippen molar-refractivity contribution < 1.29 is 4.79 Å². The largest absolute Gasteiger partial charge is 0.340 e. The van der Waals surface area contributed by atoms with Gasteiger partial charge in [-0.1, -0.05) is 35.9 Å². The van der Waals surface area contributed by atoms with E-state index < -0.39 is 5.54 Å². The van der Waals surface area contributed by atoms with Crippen LogP contribution >= 0.6 is 11.6 Å². The summed E-state index contributed by atoms with van der Waals surface area (Å²) >= 11 is 6.16. The van der Waals surface area contributed by atoms with E-state index in [0.717, 1.165) is 44.6 Å². The van der Waals surface area contributed by atoms with Crippen LogP contribution in [0.1, 0.15) is 22.3 Å². The lowest BCUT2D eigenvalue weighted by Crippen LogP contribution is -2.63. The maximum absolute atomic E-state index is 13.8. The van der Waals surface area contributed by atoms with Crippen LogP contribution in [0.25, 0.3) is 0 Å². The fourth-order valence-corrected chi connectivity index (χ4v) is 4.96. The van der Waals surface area contributed by atoms with E-state index in [-0.39, 0.29) is 5.91 Å². The van der Waals surface area contributed by atoms with Crippen LogP contribution in [0.4, 0.5) is 0 Å². The van der Waals surface area contributed by atoms with Crippen molar-refractivity contribution in [2.75, 3.05) is 33.2 Å². The fraction of sp³-hybridized carbons (Fsp3) is 0.391. The van der Waals surface area contributed by atoms with Gasteiger partial charge in [-0.05, 0) is 34.9 Å². The van der Waals surface area contributed by atoms with Gasteiger partial charge in [-0.2, -0.15) is 5.26 Å². The second-order valence-corrected chi connectivity index (χ2v) is 8.45. The molecule has 1 aliphatic carbocycles. The molecule has 0 atom stereocenters. The number of hydrogen-bond donors (Lipinski definition) is 1. The summed E-state index contributed by atoms with van der Waals surface area (Å²) in [5, 5.41) is 13.1. The number of nitrogens with one attached hydrogen (secondary N) is 1. The lowest BCUT2D eigenvalue weighted by molar-refractivity contribution is -0.144. The zero-order valence-electron chi connectivity index (χ0n) is 16.6. The van der Waals surface area contributed by atoms with Gasteiger partial charge in [0, 0.05) is 57.6 Å². The summed E-state index contributed by atoms with van der Waals surface area (Å²) < 4.78 is 0. The lowest BCUT2D eigenvalue weighted by Gasteiger charge is -2.44. The number of nitrogens with zero attached hydrogens (tertiary/aromatic N) is 3. The number of piperazine rings is 1. The molecule has 0 saturated carbocycles. The monoisotopic (exact) mass is 408 g/mol. The first-order chi connectivity index (χ1) is 14.0. The fourth-order valence-electron chi connectivity index (χ4n) is 4.71. The molecule has 2 aliphatic rings. The molecule has 1 N–H and O–H groups in total. The number of hydrogen-bond acceptors (Lipinski definition) is 4. The summed E-state index contributed by atoms with van der Waals surface area (Å²) in [4.78, 5) is 18.0. The smallest absolute Gasteiger partial charge is 0.243 e. The highest BCUT2D eigenvalue weighted by Crippen LogP contribution is 2.36. The van der Waals surface area contributed by atoms with Gasteiger partial charge in [0.05, 0.1) is 11.6 Å². The zero-order valence-corrected chi connectivity index (χ0v) is 17.4. The second-order valence-electron chi connectivity index (χ2n) is 8.01. The Morgan fingerprint density at radius 3 is 2.48 bits per heavy atom. The van der Waals surface area contributed by atoms with Crippen LogP contribution in [0.5, 0.6) is 0 Å². The van der Waals surface area contributed by atoms with E-state index >= 15 is 0 Å². The molecule has 4 rings (SSSR count). The maximum Gasteiger partial charge on any atom is 0.243 e. The highest BCUT2D eigenvalue weighted by molar-refractivity contribution is 6.30. The van der Waals surface area contributed by atoms with Gasteiger partial charge in [-0.3, -0.25) is 9.69 Å². The third-order valence-corrected chi connectivity index (χ3v) is 6.28. The predicted molar refractivity (Wildman–Crippen MR) is 114 cm³/mol. The van der Waals surface area contributed by atoms with Crippen LogP contribution in [-0.2, 0) is 24.2 Å². The first-order valence-electron chi connectivity index (χ1n) is 9.99. The van der Waals surface area contributed by atoms with E-state index in [1.165, 1.54) is 11.1 Å². The molecule has 0 bridgehead atoms. The molecule has 0 aromatic heterocycles. The standard InChI is InChI=1S/C23H25ClN4O/c1-27(16-18-10-17(15-25)11-21(24)12-18)22(29)23(28-8-6-26-7-9-28)13-19-4-2-3-5-20(19)14-23/h2-5,10-12,26H,6-9,13-14,16H2,1H3. The van der Waals surface area contributed by atoms with Crippen molar-refractivity contribution in [2.24, 2.45) is 0 Å². The minimum absolute atomic E-state index is 0.133. The Morgan fingerprint density at radius 1 is 1.21 bits per heavy atom. The molecule has 1 saturated heterocycles. The van der Waals surface area contributed by atoms with E-state index in [2.05, 4.69) is 40.6 Å². The summed E-state index contributed by atoms with van der Waals surface area (Å²) in [5.74, 6) is 0.133. The highest BCUT2D eigenvalue weighted by Gasteiger charge is 2.49. The summed E-state index contributed by atoms with van der Waals surface area (Å²) in [5.41, 5.74) is 3.37. The molecule has 1 amide bonds. The minimum atomic E-state index is -0.544. The molecule has 0 spiro atoms. The third kappa shape index (κ3) is 3.89. The third-order valence-electron chi connectivity index (χ3n) is 6.06. The van der Waals surface area contributed by atoms with Crippen LogP contribution < -0.4 is 5.32 Å². The number of rotatable bonds is 4. The number of fused-ring (bicyclic) bond motifs is 1. The maximum atomic E-state index is 13.8. The first kappa shape index (κ1) is 19.9. The van der Waals surface area contributed by atoms with E-state index in [1.54, 1.807) is 17.0 Å². The van der Waals surface area contributed by atoms with E-state index in [4.69, 9.17) is 11.6 Å². The van der Waals surface area contributed by atoms with E-state index in [9.17, 15) is 10.1 Å². The normalized spacial score (nSPS) is 18.1. The quantitative estimate of drug-likeness (QED) is 0.844. The van der Waals surface area contributed by atoms with Crippen LogP contribution in [0.15, 0.2) is 42.5 Å². The Labute approximate surface area is 176 Å². The molecule has 2 aromatic rings. The number of benzene rings is 2. The molecule has 6 heteroatoms. The number of carbonyl (C=O) groups is 1. The molecule has 0 unspecified atom stereocenters. The summed E-state index contributed by atoms with van der Waals surface area (Å²) in [7, 11) is 1.85. The Morgan fingerprint density at radius 2 is 1.86 bits per heavy atom. The Kier molecular flexibility index (Phi) is 5.60. The highest BCUT2D eigenvalue weighted by atomic mass is 35.5. The molecule has 2 aromatic carbocycles. The zero-order chi connectivity index (χ0) is 20.4. The number of carbonyl (C=O) groups excluding carboxylic acids is 1. The van der Waals surface area contributed by atoms with Crippen molar-refractivity contribution >= 4 is 17.5 Å². The van der Waals surface area contributed by atoms with E-state index in [0.29, 0.717) is 17.1 Å². The number of nitriles is 1. The van der Waals surface area contributed by atoms with Crippen LogP contribution in [0.3, 0.4) is 0 Å². The lowest BCUT2D eigenvalue weighted by atomic mass is 9.90. The van der Waals surface area contributed by atoms with Crippen molar-refractivity contribution in [3.63, 3.8) is 0 Å². The van der Waals surface area contributed by atoms with Crippen molar-refractivity contribution in [1.29, 1.82) is 5.26 Å². The van der Waals surface area contributed by atoms with Gasteiger partial charge in [0.2, 0.25) is 5.91 Å².